The van der Waals surface area contributed by atoms with Gasteiger partial charge in [0.05, 0.1) is 0 Å². The van der Waals surface area contributed by atoms with Gasteiger partial charge in [0.2, 0.25) is 5.28 Å². The summed E-state index contributed by atoms with van der Waals surface area (Å²) in [5.41, 5.74) is 0.0321. The van der Waals surface area contributed by atoms with Gasteiger partial charge in [0.25, 0.3) is 0 Å². The third-order valence-electron chi connectivity index (χ3n) is 2.65. The number of fused-ring (bicyclic) bond motifs is 1. The molecule has 2 aromatic rings. The molecule has 0 fully saturated rings. The Balaban J connectivity index is 1.92. The molecule has 1 aromatic heterocycles. The Labute approximate surface area is 126 Å². The number of carboxylic acid groups (broad SMARTS) is 1. The first kappa shape index (κ1) is 14.3. The smallest absolute Gasteiger partial charge is 0.477 e. The summed E-state index contributed by atoms with van der Waals surface area (Å²) in [5, 5.41) is 11.5. The second kappa shape index (κ2) is 4.95. The number of halogens is 3. The van der Waals surface area contributed by atoms with Gasteiger partial charge in [0.1, 0.15) is 11.4 Å². The molecule has 0 saturated heterocycles. The van der Waals surface area contributed by atoms with Gasteiger partial charge >= 0.3 is 12.3 Å². The highest BCUT2D eigenvalue weighted by Crippen LogP contribution is 2.42. The molecule has 10 heteroatoms. The van der Waals surface area contributed by atoms with E-state index in [9.17, 15) is 13.6 Å². The molecule has 0 aliphatic carbocycles. The molecule has 0 unspecified atom stereocenters. The third kappa shape index (κ3) is 2.70. The Morgan fingerprint density at radius 1 is 1.32 bits per heavy atom. The number of anilines is 2. The number of carboxylic acids is 1. The van der Waals surface area contributed by atoms with Gasteiger partial charge in [-0.3, -0.25) is 0 Å². The van der Waals surface area contributed by atoms with Crippen LogP contribution in [0.4, 0.5) is 20.3 Å². The van der Waals surface area contributed by atoms with Crippen molar-refractivity contribution in [2.75, 3.05) is 5.32 Å². The Bertz CT molecular complexity index is 772. The van der Waals surface area contributed by atoms with Gasteiger partial charge in [-0.15, -0.1) is 8.78 Å². The van der Waals surface area contributed by atoms with Gasteiger partial charge in [-0.25, -0.2) is 9.78 Å². The summed E-state index contributed by atoms with van der Waals surface area (Å²) in [6.07, 6.45) is -2.70. The molecule has 3 rings (SSSR count). The van der Waals surface area contributed by atoms with Crippen molar-refractivity contribution in [1.82, 2.24) is 9.97 Å². The van der Waals surface area contributed by atoms with Crippen molar-refractivity contribution in [3.8, 4) is 11.5 Å². The Morgan fingerprint density at radius 3 is 2.77 bits per heavy atom. The van der Waals surface area contributed by atoms with E-state index >= 15 is 0 Å². The monoisotopic (exact) mass is 329 g/mol. The van der Waals surface area contributed by atoms with Crippen molar-refractivity contribution in [2.24, 2.45) is 0 Å². The highest BCUT2D eigenvalue weighted by Gasteiger charge is 2.43. The summed E-state index contributed by atoms with van der Waals surface area (Å²) >= 11 is 5.62. The zero-order chi connectivity index (χ0) is 15.9. The summed E-state index contributed by atoms with van der Waals surface area (Å²) in [5.74, 6) is -1.67. The van der Waals surface area contributed by atoms with Gasteiger partial charge < -0.3 is 19.9 Å². The van der Waals surface area contributed by atoms with Crippen molar-refractivity contribution in [3.05, 3.63) is 35.2 Å². The number of hydrogen-bond acceptors (Lipinski definition) is 6. The standard InChI is InChI=1S/C12H6ClF2N3O4/c13-11-16-4-6(10(19)20)9(18-11)17-5-1-2-7-8(3-5)22-12(14,15)21-7/h1-4H,(H,19,20)(H,16,17,18). The van der Waals surface area contributed by atoms with E-state index in [1.54, 1.807) is 0 Å². The van der Waals surface area contributed by atoms with E-state index in [2.05, 4.69) is 24.8 Å². The van der Waals surface area contributed by atoms with Gasteiger partial charge in [-0.05, 0) is 23.7 Å². The molecule has 0 radical (unpaired) electrons. The van der Waals surface area contributed by atoms with Crippen LogP contribution in [0, 0.1) is 0 Å². The maximum Gasteiger partial charge on any atom is 0.586 e. The zero-order valence-electron chi connectivity index (χ0n) is 10.5. The third-order valence-corrected chi connectivity index (χ3v) is 2.84. The van der Waals surface area contributed by atoms with Crippen molar-refractivity contribution in [3.63, 3.8) is 0 Å². The fourth-order valence-corrected chi connectivity index (χ4v) is 1.91. The van der Waals surface area contributed by atoms with E-state index in [0.29, 0.717) is 0 Å². The van der Waals surface area contributed by atoms with Crippen LogP contribution in [0.5, 0.6) is 11.5 Å². The lowest BCUT2D eigenvalue weighted by molar-refractivity contribution is -0.286. The van der Waals surface area contributed by atoms with Crippen LogP contribution in [-0.2, 0) is 0 Å². The lowest BCUT2D eigenvalue weighted by atomic mass is 10.2. The minimum atomic E-state index is -3.73. The van der Waals surface area contributed by atoms with Crippen LogP contribution in [0.2, 0.25) is 5.28 Å². The summed E-state index contributed by atoms with van der Waals surface area (Å²) in [7, 11) is 0. The molecule has 2 heterocycles. The molecule has 1 aliphatic heterocycles. The molecule has 0 spiro atoms. The number of carbonyl (C=O) groups is 1. The van der Waals surface area contributed by atoms with Gasteiger partial charge in [-0.1, -0.05) is 0 Å². The van der Waals surface area contributed by atoms with Crippen LogP contribution in [0.15, 0.2) is 24.4 Å². The maximum atomic E-state index is 12.9. The van der Waals surface area contributed by atoms with Gasteiger partial charge in [-0.2, -0.15) is 4.98 Å². The quantitative estimate of drug-likeness (QED) is 0.836. The fraction of sp³-hybridized carbons (Fsp3) is 0.0833. The summed E-state index contributed by atoms with van der Waals surface area (Å²) in [4.78, 5) is 18.4. The lowest BCUT2D eigenvalue weighted by Crippen LogP contribution is -2.25. The van der Waals surface area contributed by atoms with E-state index in [4.69, 9.17) is 16.7 Å². The second-order valence-electron chi connectivity index (χ2n) is 4.16. The van der Waals surface area contributed by atoms with Crippen molar-refractivity contribution in [1.29, 1.82) is 0 Å². The molecule has 0 amide bonds. The van der Waals surface area contributed by atoms with Crippen molar-refractivity contribution < 1.29 is 28.2 Å². The van der Waals surface area contributed by atoms with Crippen LogP contribution in [0.3, 0.4) is 0 Å². The SMILES string of the molecule is O=C(O)c1cnc(Cl)nc1Nc1ccc2c(c1)OC(F)(F)O2. The Kier molecular flexibility index (Phi) is 3.21. The van der Waals surface area contributed by atoms with Crippen LogP contribution < -0.4 is 14.8 Å². The van der Waals surface area contributed by atoms with E-state index in [0.717, 1.165) is 6.20 Å². The minimum absolute atomic E-state index is 0.0851. The lowest BCUT2D eigenvalue weighted by Gasteiger charge is -2.08. The number of aromatic nitrogens is 2. The number of alkyl halides is 2. The number of aromatic carboxylic acids is 1. The number of benzene rings is 1. The first-order valence-corrected chi connectivity index (χ1v) is 6.14. The van der Waals surface area contributed by atoms with Crippen LogP contribution >= 0.6 is 11.6 Å². The van der Waals surface area contributed by atoms with E-state index in [-0.39, 0.29) is 33.9 Å². The second-order valence-corrected chi connectivity index (χ2v) is 4.50. The molecule has 0 saturated carbocycles. The number of nitrogens with one attached hydrogen (secondary N) is 1. The average Bonchev–Trinajstić information content (AvgIpc) is 2.71. The summed E-state index contributed by atoms with van der Waals surface area (Å²) in [6, 6.07) is 3.87. The molecule has 2 N–H and O–H groups in total. The first-order valence-electron chi connectivity index (χ1n) is 5.77. The van der Waals surface area contributed by atoms with E-state index in [1.807, 2.05) is 0 Å². The van der Waals surface area contributed by atoms with Crippen molar-refractivity contribution in [2.45, 2.75) is 6.29 Å². The highest BCUT2D eigenvalue weighted by molar-refractivity contribution is 6.28. The van der Waals surface area contributed by atoms with Crippen LogP contribution in [-0.4, -0.2) is 27.3 Å². The molecule has 0 bridgehead atoms. The molecule has 1 aliphatic rings. The van der Waals surface area contributed by atoms with Crippen LogP contribution in [0.1, 0.15) is 10.4 Å². The summed E-state index contributed by atoms with van der Waals surface area (Å²) < 4.78 is 34.4. The predicted octanol–water partition coefficient (Wildman–Crippen LogP) is 2.89. The van der Waals surface area contributed by atoms with E-state index in [1.165, 1.54) is 18.2 Å². The van der Waals surface area contributed by atoms with Crippen LogP contribution in [0.25, 0.3) is 0 Å². The maximum absolute atomic E-state index is 12.9. The zero-order valence-corrected chi connectivity index (χ0v) is 11.3. The average molecular weight is 330 g/mol. The number of hydrogen-bond donors (Lipinski definition) is 2. The minimum Gasteiger partial charge on any atom is -0.477 e. The highest BCUT2D eigenvalue weighted by atomic mass is 35.5. The molecular formula is C12H6ClF2N3O4. The Hall–Kier alpha value is -2.68. The fourth-order valence-electron chi connectivity index (χ4n) is 1.78. The molecule has 22 heavy (non-hydrogen) atoms. The largest absolute Gasteiger partial charge is 0.586 e. The molecule has 7 nitrogen and oxygen atoms in total. The van der Waals surface area contributed by atoms with Crippen molar-refractivity contribution >= 4 is 29.1 Å². The molecule has 0 atom stereocenters. The van der Waals surface area contributed by atoms with E-state index < -0.39 is 12.3 Å². The number of nitrogens with zero attached hydrogens (tertiary/aromatic N) is 2. The predicted molar refractivity (Wildman–Crippen MR) is 69.9 cm³/mol. The molecule has 114 valence electrons. The number of ether oxygens (including phenoxy) is 2. The summed E-state index contributed by atoms with van der Waals surface area (Å²) in [6.45, 7) is 0. The molecule has 1 aromatic carbocycles. The van der Waals surface area contributed by atoms with Gasteiger partial charge in [0, 0.05) is 18.0 Å². The number of rotatable bonds is 3. The normalized spacial score (nSPS) is 14.7. The Morgan fingerprint density at radius 2 is 2.05 bits per heavy atom. The topological polar surface area (TPSA) is 93.6 Å². The van der Waals surface area contributed by atoms with Gasteiger partial charge in [0.15, 0.2) is 11.5 Å². The molecular weight excluding hydrogens is 324 g/mol. The first-order chi connectivity index (χ1) is 10.3.